The Kier molecular flexibility index (Phi) is 5.51. The van der Waals surface area contributed by atoms with Crippen molar-refractivity contribution in [1.29, 1.82) is 0 Å². The predicted molar refractivity (Wildman–Crippen MR) is 99.3 cm³/mol. The zero-order valence-electron chi connectivity index (χ0n) is 13.8. The van der Waals surface area contributed by atoms with Crippen LogP contribution in [0.25, 0.3) is 0 Å². The Bertz CT molecular complexity index is 896. The molecule has 0 spiro atoms. The minimum Gasteiger partial charge on any atom is -0.488 e. The van der Waals surface area contributed by atoms with E-state index in [0.717, 1.165) is 11.1 Å². The summed E-state index contributed by atoms with van der Waals surface area (Å²) in [6.07, 6.45) is 2.79. The van der Waals surface area contributed by atoms with Crippen LogP contribution in [0.1, 0.15) is 11.1 Å². The number of hydrazone groups is 1. The molecule has 0 atom stereocenters. The summed E-state index contributed by atoms with van der Waals surface area (Å²) in [6, 6.07) is 20.3. The molecule has 1 aromatic heterocycles. The Hall–Kier alpha value is -3.74. The van der Waals surface area contributed by atoms with E-state index in [4.69, 9.17) is 4.74 Å². The van der Waals surface area contributed by atoms with E-state index in [1.807, 2.05) is 54.6 Å². The lowest BCUT2D eigenvalue weighted by Crippen LogP contribution is -1.99. The first-order valence-corrected chi connectivity index (χ1v) is 7.87. The van der Waals surface area contributed by atoms with Gasteiger partial charge in [-0.05, 0) is 23.8 Å². The highest BCUT2D eigenvalue weighted by molar-refractivity contribution is 5.83. The largest absolute Gasteiger partial charge is 0.488 e. The number of nitrogens with zero attached hydrogens (tertiary/aromatic N) is 3. The molecule has 130 valence electrons. The van der Waals surface area contributed by atoms with Crippen molar-refractivity contribution in [2.45, 2.75) is 6.61 Å². The van der Waals surface area contributed by atoms with E-state index in [1.165, 1.54) is 18.3 Å². The molecule has 0 bridgehead atoms. The second-order valence-electron chi connectivity index (χ2n) is 5.34. The number of nitro groups is 1. The van der Waals surface area contributed by atoms with Gasteiger partial charge in [-0.1, -0.05) is 42.5 Å². The fourth-order valence-electron chi connectivity index (χ4n) is 2.18. The van der Waals surface area contributed by atoms with Crippen LogP contribution < -0.4 is 10.2 Å². The Morgan fingerprint density at radius 1 is 1.08 bits per heavy atom. The summed E-state index contributed by atoms with van der Waals surface area (Å²) in [5.41, 5.74) is 4.55. The highest BCUT2D eigenvalue weighted by atomic mass is 16.6. The van der Waals surface area contributed by atoms with E-state index in [1.54, 1.807) is 6.21 Å². The minimum atomic E-state index is -0.500. The molecule has 0 aliphatic carbocycles. The van der Waals surface area contributed by atoms with Crippen molar-refractivity contribution < 1.29 is 9.66 Å². The first kappa shape index (κ1) is 17.1. The maximum absolute atomic E-state index is 10.6. The number of para-hydroxylation sites is 1. The van der Waals surface area contributed by atoms with Gasteiger partial charge in [-0.25, -0.2) is 4.98 Å². The van der Waals surface area contributed by atoms with Gasteiger partial charge in [0.2, 0.25) is 0 Å². The van der Waals surface area contributed by atoms with Crippen molar-refractivity contribution in [3.8, 4) is 5.75 Å². The number of benzene rings is 2. The Labute approximate surface area is 150 Å². The van der Waals surface area contributed by atoms with Crippen LogP contribution in [0.2, 0.25) is 0 Å². The Morgan fingerprint density at radius 2 is 1.85 bits per heavy atom. The Morgan fingerprint density at radius 3 is 2.58 bits per heavy atom. The first-order chi connectivity index (χ1) is 12.7. The van der Waals surface area contributed by atoms with E-state index in [9.17, 15) is 10.1 Å². The molecule has 0 fully saturated rings. The zero-order valence-corrected chi connectivity index (χ0v) is 13.8. The third-order valence-corrected chi connectivity index (χ3v) is 3.50. The fourth-order valence-corrected chi connectivity index (χ4v) is 2.18. The second kappa shape index (κ2) is 8.39. The monoisotopic (exact) mass is 348 g/mol. The standard InChI is InChI=1S/C19H16N4O3/c24-23(25)17-10-11-19(20-13-17)22-21-12-16-8-4-5-9-18(16)26-14-15-6-2-1-3-7-15/h1-13H,14H2,(H,20,22)/b21-12-. The van der Waals surface area contributed by atoms with Gasteiger partial charge in [0.1, 0.15) is 24.4 Å². The van der Waals surface area contributed by atoms with Crippen LogP contribution in [0.4, 0.5) is 11.5 Å². The summed E-state index contributed by atoms with van der Waals surface area (Å²) in [5.74, 6) is 1.12. The van der Waals surface area contributed by atoms with Gasteiger partial charge in [-0.3, -0.25) is 15.5 Å². The van der Waals surface area contributed by atoms with Gasteiger partial charge in [-0.2, -0.15) is 5.10 Å². The molecule has 3 rings (SSSR count). The van der Waals surface area contributed by atoms with Crippen molar-refractivity contribution >= 4 is 17.7 Å². The van der Waals surface area contributed by atoms with Crippen molar-refractivity contribution in [3.63, 3.8) is 0 Å². The topological polar surface area (TPSA) is 89.7 Å². The number of aromatic nitrogens is 1. The van der Waals surface area contributed by atoms with Gasteiger partial charge >= 0.3 is 0 Å². The summed E-state index contributed by atoms with van der Waals surface area (Å²) >= 11 is 0. The highest BCUT2D eigenvalue weighted by Crippen LogP contribution is 2.18. The van der Waals surface area contributed by atoms with Crippen LogP contribution in [0.15, 0.2) is 78.0 Å². The van der Waals surface area contributed by atoms with Crippen LogP contribution in [0.5, 0.6) is 5.75 Å². The maximum atomic E-state index is 10.6. The van der Waals surface area contributed by atoms with Gasteiger partial charge in [0, 0.05) is 11.6 Å². The van der Waals surface area contributed by atoms with Gasteiger partial charge in [0.15, 0.2) is 0 Å². The van der Waals surface area contributed by atoms with Crippen LogP contribution in [-0.4, -0.2) is 16.1 Å². The third kappa shape index (κ3) is 4.64. The number of hydrogen-bond donors (Lipinski definition) is 1. The third-order valence-electron chi connectivity index (χ3n) is 3.50. The molecule has 7 heteroatoms. The number of ether oxygens (including phenoxy) is 1. The smallest absolute Gasteiger partial charge is 0.287 e. The molecule has 3 aromatic rings. The lowest BCUT2D eigenvalue weighted by molar-refractivity contribution is -0.385. The highest BCUT2D eigenvalue weighted by Gasteiger charge is 2.05. The molecule has 1 N–H and O–H groups in total. The lowest BCUT2D eigenvalue weighted by Gasteiger charge is -2.09. The van der Waals surface area contributed by atoms with Crippen molar-refractivity contribution in [2.75, 3.05) is 5.43 Å². The number of pyridine rings is 1. The molecule has 2 aromatic carbocycles. The average Bonchev–Trinajstić information content (AvgIpc) is 2.68. The molecule has 26 heavy (non-hydrogen) atoms. The molecule has 0 aliphatic heterocycles. The quantitative estimate of drug-likeness (QED) is 0.396. The molecule has 0 saturated carbocycles. The number of anilines is 1. The molecule has 0 unspecified atom stereocenters. The molecule has 1 heterocycles. The molecule has 0 amide bonds. The van der Waals surface area contributed by atoms with Gasteiger partial charge in [0.25, 0.3) is 5.69 Å². The van der Waals surface area contributed by atoms with E-state index in [-0.39, 0.29) is 5.69 Å². The molecule has 0 radical (unpaired) electrons. The van der Waals surface area contributed by atoms with E-state index < -0.39 is 4.92 Å². The Balaban J connectivity index is 1.64. The van der Waals surface area contributed by atoms with Gasteiger partial charge in [0.05, 0.1) is 11.1 Å². The maximum Gasteiger partial charge on any atom is 0.287 e. The lowest BCUT2D eigenvalue weighted by atomic mass is 10.2. The molecule has 7 nitrogen and oxygen atoms in total. The zero-order chi connectivity index (χ0) is 18.2. The summed E-state index contributed by atoms with van der Waals surface area (Å²) in [6.45, 7) is 0.461. The number of nitrogens with one attached hydrogen (secondary N) is 1. The van der Waals surface area contributed by atoms with E-state index >= 15 is 0 Å². The van der Waals surface area contributed by atoms with Crippen LogP contribution in [0.3, 0.4) is 0 Å². The fraction of sp³-hybridized carbons (Fsp3) is 0.0526. The van der Waals surface area contributed by atoms with Gasteiger partial charge < -0.3 is 4.74 Å². The average molecular weight is 348 g/mol. The second-order valence-corrected chi connectivity index (χ2v) is 5.34. The normalized spacial score (nSPS) is 10.6. The number of rotatable bonds is 7. The summed E-state index contributed by atoms with van der Waals surface area (Å²) in [7, 11) is 0. The summed E-state index contributed by atoms with van der Waals surface area (Å²) in [5, 5.41) is 14.7. The molecule has 0 saturated heterocycles. The molecular weight excluding hydrogens is 332 g/mol. The van der Waals surface area contributed by atoms with E-state index in [0.29, 0.717) is 18.2 Å². The number of hydrogen-bond acceptors (Lipinski definition) is 6. The van der Waals surface area contributed by atoms with Crippen LogP contribution in [0, 0.1) is 10.1 Å². The minimum absolute atomic E-state index is 0.0702. The van der Waals surface area contributed by atoms with Crippen LogP contribution >= 0.6 is 0 Å². The van der Waals surface area contributed by atoms with E-state index in [2.05, 4.69) is 15.5 Å². The molecular formula is C19H16N4O3. The van der Waals surface area contributed by atoms with Crippen molar-refractivity contribution in [3.05, 3.63) is 94.2 Å². The SMILES string of the molecule is O=[N+]([O-])c1ccc(N/N=C\c2ccccc2OCc2ccccc2)nc1. The van der Waals surface area contributed by atoms with Crippen LogP contribution in [-0.2, 0) is 6.61 Å². The van der Waals surface area contributed by atoms with Crippen molar-refractivity contribution in [1.82, 2.24) is 4.98 Å². The summed E-state index contributed by atoms with van der Waals surface area (Å²) in [4.78, 5) is 14.0. The predicted octanol–water partition coefficient (Wildman–Crippen LogP) is 4.01. The summed E-state index contributed by atoms with van der Waals surface area (Å²) < 4.78 is 5.86. The van der Waals surface area contributed by atoms with Gasteiger partial charge in [-0.15, -0.1) is 0 Å². The molecule has 0 aliphatic rings. The van der Waals surface area contributed by atoms with Crippen molar-refractivity contribution in [2.24, 2.45) is 5.10 Å². The first-order valence-electron chi connectivity index (χ1n) is 7.87.